The topological polar surface area (TPSA) is 46.9 Å². The molecule has 1 aromatic heterocycles. The second kappa shape index (κ2) is 9.14. The lowest BCUT2D eigenvalue weighted by atomic mass is 10.1. The van der Waals surface area contributed by atoms with Crippen LogP contribution in [0.25, 0.3) is 11.0 Å². The molecule has 0 aliphatic carbocycles. The van der Waals surface area contributed by atoms with Crippen LogP contribution in [0.3, 0.4) is 0 Å². The summed E-state index contributed by atoms with van der Waals surface area (Å²) in [6, 6.07) is 23.3. The van der Waals surface area contributed by atoms with Crippen LogP contribution in [0, 0.1) is 0 Å². The molecule has 3 aromatic carbocycles. The second-order valence-electron chi connectivity index (χ2n) is 7.30. The molecule has 4 aromatic rings. The number of imidazole rings is 1. The molecule has 0 atom stereocenters. The zero-order valence-electron chi connectivity index (χ0n) is 16.9. The third-order valence-corrected chi connectivity index (χ3v) is 5.48. The number of para-hydroxylation sites is 2. The second-order valence-corrected chi connectivity index (χ2v) is 7.71. The first-order chi connectivity index (χ1) is 14.7. The third kappa shape index (κ3) is 4.39. The van der Waals surface area contributed by atoms with Gasteiger partial charge in [-0.15, -0.1) is 0 Å². The van der Waals surface area contributed by atoms with Crippen LogP contribution in [0.2, 0.25) is 5.02 Å². The molecule has 0 aliphatic heterocycles. The van der Waals surface area contributed by atoms with Gasteiger partial charge in [0.05, 0.1) is 21.6 Å². The van der Waals surface area contributed by atoms with Gasteiger partial charge in [0.1, 0.15) is 5.82 Å². The number of aryl methyl sites for hydroxylation is 3. The van der Waals surface area contributed by atoms with Crippen LogP contribution < -0.4 is 5.32 Å². The van der Waals surface area contributed by atoms with Crippen molar-refractivity contribution in [3.05, 3.63) is 94.8 Å². The Balaban J connectivity index is 1.43. The number of hydrogen-bond donors (Lipinski definition) is 1. The van der Waals surface area contributed by atoms with E-state index in [2.05, 4.69) is 47.1 Å². The minimum atomic E-state index is -0.207. The molecule has 0 bridgehead atoms. The van der Waals surface area contributed by atoms with Crippen molar-refractivity contribution in [3.63, 3.8) is 0 Å². The van der Waals surface area contributed by atoms with Gasteiger partial charge in [0.15, 0.2) is 0 Å². The third-order valence-electron chi connectivity index (χ3n) is 5.15. The number of aromatic nitrogens is 2. The number of carbonyl (C=O) groups is 1. The predicted octanol–water partition coefficient (Wildman–Crippen LogP) is 6.14. The molecule has 30 heavy (non-hydrogen) atoms. The van der Waals surface area contributed by atoms with Gasteiger partial charge in [-0.05, 0) is 54.8 Å². The van der Waals surface area contributed by atoms with Crippen LogP contribution in [-0.4, -0.2) is 15.5 Å². The first-order valence-corrected chi connectivity index (χ1v) is 10.6. The number of nitrogens with zero attached hydrogens (tertiary/aromatic N) is 2. The number of carbonyl (C=O) groups excluding carboxylic acids is 1. The molecule has 0 aliphatic rings. The summed E-state index contributed by atoms with van der Waals surface area (Å²) < 4.78 is 2.33. The summed E-state index contributed by atoms with van der Waals surface area (Å²) in [6.07, 6.45) is 2.85. The van der Waals surface area contributed by atoms with Crippen molar-refractivity contribution < 1.29 is 4.79 Å². The minimum Gasteiger partial charge on any atom is -0.328 e. The Kier molecular flexibility index (Phi) is 6.15. The van der Waals surface area contributed by atoms with E-state index in [-0.39, 0.29) is 5.91 Å². The highest BCUT2D eigenvalue weighted by Gasteiger charge is 2.11. The fourth-order valence-corrected chi connectivity index (χ4v) is 3.87. The molecule has 0 saturated heterocycles. The average molecular weight is 418 g/mol. The van der Waals surface area contributed by atoms with Crippen molar-refractivity contribution in [1.82, 2.24) is 9.55 Å². The van der Waals surface area contributed by atoms with Crippen molar-refractivity contribution in [3.8, 4) is 0 Å². The lowest BCUT2D eigenvalue weighted by Gasteiger charge is -2.09. The van der Waals surface area contributed by atoms with Crippen molar-refractivity contribution in [2.24, 2.45) is 0 Å². The number of amides is 1. The molecule has 4 nitrogen and oxygen atoms in total. The van der Waals surface area contributed by atoms with Gasteiger partial charge in [0.25, 0.3) is 5.91 Å². The number of nitrogens with one attached hydrogen (secondary N) is 1. The fraction of sp³-hybridized carbons (Fsp3) is 0.200. The molecule has 0 fully saturated rings. The van der Waals surface area contributed by atoms with E-state index >= 15 is 0 Å². The number of halogens is 1. The summed E-state index contributed by atoms with van der Waals surface area (Å²) in [5, 5.41) is 3.35. The van der Waals surface area contributed by atoms with Gasteiger partial charge >= 0.3 is 0 Å². The van der Waals surface area contributed by atoms with Crippen molar-refractivity contribution in [1.29, 1.82) is 0 Å². The summed E-state index contributed by atoms with van der Waals surface area (Å²) in [6.45, 7) is 3.16. The molecule has 0 spiro atoms. The molecule has 1 heterocycles. The zero-order chi connectivity index (χ0) is 20.9. The van der Waals surface area contributed by atoms with Gasteiger partial charge < -0.3 is 9.88 Å². The van der Waals surface area contributed by atoms with Crippen LogP contribution in [0.15, 0.2) is 72.8 Å². The van der Waals surface area contributed by atoms with Crippen LogP contribution in [-0.2, 0) is 19.4 Å². The number of hydrogen-bond acceptors (Lipinski definition) is 2. The standard InChI is InChI=1S/C25H24ClN3O/c1-2-17-29-23-10-6-5-9-22(23)28-24(29)16-13-18-11-14-19(15-12-18)27-25(30)20-7-3-4-8-21(20)26/h3-12,14-15H,2,13,16-17H2,1H3,(H,27,30). The highest BCUT2D eigenvalue weighted by atomic mass is 35.5. The van der Waals surface area contributed by atoms with Crippen molar-refractivity contribution in [2.75, 3.05) is 5.32 Å². The van der Waals surface area contributed by atoms with Crippen molar-refractivity contribution >= 4 is 34.2 Å². The Morgan fingerprint density at radius 3 is 2.47 bits per heavy atom. The monoisotopic (exact) mass is 417 g/mol. The molecule has 0 unspecified atom stereocenters. The summed E-state index contributed by atoms with van der Waals surface area (Å²) in [4.78, 5) is 17.2. The lowest BCUT2D eigenvalue weighted by molar-refractivity contribution is 0.102. The smallest absolute Gasteiger partial charge is 0.257 e. The molecule has 1 amide bonds. The van der Waals surface area contributed by atoms with Gasteiger partial charge in [0, 0.05) is 18.7 Å². The summed E-state index contributed by atoms with van der Waals surface area (Å²) in [5.41, 5.74) is 4.69. The largest absolute Gasteiger partial charge is 0.328 e. The van der Waals surface area contributed by atoms with E-state index in [0.717, 1.165) is 42.8 Å². The van der Waals surface area contributed by atoms with Gasteiger partial charge in [-0.3, -0.25) is 4.79 Å². The van der Waals surface area contributed by atoms with Crippen LogP contribution in [0.5, 0.6) is 0 Å². The van der Waals surface area contributed by atoms with Gasteiger partial charge in [0.2, 0.25) is 0 Å². The van der Waals surface area contributed by atoms with E-state index in [4.69, 9.17) is 16.6 Å². The maximum Gasteiger partial charge on any atom is 0.257 e. The number of anilines is 1. The summed E-state index contributed by atoms with van der Waals surface area (Å²) in [5.74, 6) is 0.913. The Morgan fingerprint density at radius 2 is 1.70 bits per heavy atom. The predicted molar refractivity (Wildman–Crippen MR) is 123 cm³/mol. The van der Waals surface area contributed by atoms with E-state index in [1.54, 1.807) is 18.2 Å². The van der Waals surface area contributed by atoms with Crippen LogP contribution in [0.1, 0.15) is 35.1 Å². The molecule has 0 radical (unpaired) electrons. The SMILES string of the molecule is CCCn1c(CCc2ccc(NC(=O)c3ccccc3Cl)cc2)nc2ccccc21. The minimum absolute atomic E-state index is 0.207. The van der Waals surface area contributed by atoms with Crippen LogP contribution in [0.4, 0.5) is 5.69 Å². The van der Waals surface area contributed by atoms with Crippen LogP contribution >= 0.6 is 11.6 Å². The lowest BCUT2D eigenvalue weighted by Crippen LogP contribution is -2.12. The maximum atomic E-state index is 12.4. The number of benzene rings is 3. The van der Waals surface area contributed by atoms with E-state index < -0.39 is 0 Å². The first-order valence-electron chi connectivity index (χ1n) is 10.2. The fourth-order valence-electron chi connectivity index (χ4n) is 3.64. The normalized spacial score (nSPS) is 11.0. The van der Waals surface area contributed by atoms with Gasteiger partial charge in [-0.2, -0.15) is 0 Å². The Labute approximate surface area is 181 Å². The molecular weight excluding hydrogens is 394 g/mol. The van der Waals surface area contributed by atoms with E-state index in [9.17, 15) is 4.79 Å². The maximum absolute atomic E-state index is 12.4. The first kappa shape index (κ1) is 20.2. The van der Waals surface area contributed by atoms with E-state index in [0.29, 0.717) is 10.6 Å². The molecule has 152 valence electrons. The highest BCUT2D eigenvalue weighted by Crippen LogP contribution is 2.20. The Hall–Kier alpha value is -3.11. The number of fused-ring (bicyclic) bond motifs is 1. The Morgan fingerprint density at radius 1 is 0.967 bits per heavy atom. The molecule has 1 N–H and O–H groups in total. The molecular formula is C25H24ClN3O. The quantitative estimate of drug-likeness (QED) is 0.392. The van der Waals surface area contributed by atoms with E-state index in [1.807, 2.05) is 24.3 Å². The van der Waals surface area contributed by atoms with Crippen molar-refractivity contribution in [2.45, 2.75) is 32.7 Å². The summed E-state index contributed by atoms with van der Waals surface area (Å²) >= 11 is 6.11. The summed E-state index contributed by atoms with van der Waals surface area (Å²) in [7, 11) is 0. The Bertz CT molecular complexity index is 1160. The molecule has 5 heteroatoms. The molecule has 4 rings (SSSR count). The van der Waals surface area contributed by atoms with Gasteiger partial charge in [-0.25, -0.2) is 4.98 Å². The molecule has 0 saturated carbocycles. The zero-order valence-corrected chi connectivity index (χ0v) is 17.7. The van der Waals surface area contributed by atoms with E-state index in [1.165, 1.54) is 11.1 Å². The highest BCUT2D eigenvalue weighted by molar-refractivity contribution is 6.34. The number of rotatable bonds is 7. The average Bonchev–Trinajstić information content (AvgIpc) is 3.11. The van der Waals surface area contributed by atoms with Gasteiger partial charge in [-0.1, -0.05) is 54.9 Å².